The van der Waals surface area contributed by atoms with E-state index < -0.39 is 0 Å². The zero-order valence-electron chi connectivity index (χ0n) is 10.6. The molecule has 0 radical (unpaired) electrons. The Kier molecular flexibility index (Phi) is 6.28. The fourth-order valence-corrected chi connectivity index (χ4v) is 2.02. The van der Waals surface area contributed by atoms with Gasteiger partial charge < -0.3 is 10.2 Å². The second-order valence-corrected chi connectivity index (χ2v) is 5.13. The highest BCUT2D eigenvalue weighted by Crippen LogP contribution is 2.25. The number of hydrogen-bond donors (Lipinski definition) is 1. The quantitative estimate of drug-likeness (QED) is 0.855. The van der Waals surface area contributed by atoms with Crippen LogP contribution in [0.5, 0.6) is 0 Å². The van der Waals surface area contributed by atoms with Gasteiger partial charge in [0.15, 0.2) is 0 Å². The van der Waals surface area contributed by atoms with Gasteiger partial charge in [-0.1, -0.05) is 42.3 Å². The van der Waals surface area contributed by atoms with Gasteiger partial charge in [0, 0.05) is 19.1 Å². The van der Waals surface area contributed by atoms with E-state index in [1.54, 1.807) is 0 Å². The molecule has 0 aliphatic carbocycles. The summed E-state index contributed by atoms with van der Waals surface area (Å²) in [4.78, 5) is 2.28. The topological polar surface area (TPSA) is 15.3 Å². The summed E-state index contributed by atoms with van der Waals surface area (Å²) >= 11 is 12.1. The number of benzene rings is 1. The van der Waals surface area contributed by atoms with E-state index in [0.717, 1.165) is 25.2 Å². The summed E-state index contributed by atoms with van der Waals surface area (Å²) in [5.74, 6) is 0. The highest BCUT2D eigenvalue weighted by molar-refractivity contribution is 6.42. The molecule has 17 heavy (non-hydrogen) atoms. The fraction of sp³-hybridized carbons (Fsp3) is 0.538. The molecule has 0 amide bonds. The van der Waals surface area contributed by atoms with Crippen LogP contribution < -0.4 is 5.32 Å². The van der Waals surface area contributed by atoms with Gasteiger partial charge in [-0.3, -0.25) is 0 Å². The minimum absolute atomic E-state index is 0.426. The summed E-state index contributed by atoms with van der Waals surface area (Å²) in [5, 5.41) is 4.71. The lowest BCUT2D eigenvalue weighted by Crippen LogP contribution is -2.36. The molecule has 0 aliphatic rings. The van der Waals surface area contributed by atoms with Crippen LogP contribution in [0.4, 0.5) is 0 Å². The summed E-state index contributed by atoms with van der Waals surface area (Å²) in [5.41, 5.74) is 1.05. The van der Waals surface area contributed by atoms with E-state index in [0.29, 0.717) is 16.1 Å². The largest absolute Gasteiger partial charge is 0.309 e. The van der Waals surface area contributed by atoms with Gasteiger partial charge in [0.2, 0.25) is 0 Å². The average molecular weight is 275 g/mol. The van der Waals surface area contributed by atoms with Gasteiger partial charge in [0.25, 0.3) is 0 Å². The van der Waals surface area contributed by atoms with Gasteiger partial charge in [0.05, 0.1) is 10.0 Å². The highest BCUT2D eigenvalue weighted by atomic mass is 35.5. The van der Waals surface area contributed by atoms with Crippen molar-refractivity contribution in [3.05, 3.63) is 33.8 Å². The Morgan fingerprint density at radius 1 is 1.35 bits per heavy atom. The maximum absolute atomic E-state index is 6.13. The summed E-state index contributed by atoms with van der Waals surface area (Å²) in [6.07, 6.45) is 0. The van der Waals surface area contributed by atoms with Crippen molar-refractivity contribution in [3.8, 4) is 0 Å². The first-order valence-corrected chi connectivity index (χ1v) is 6.65. The van der Waals surface area contributed by atoms with Crippen LogP contribution in [0.3, 0.4) is 0 Å². The van der Waals surface area contributed by atoms with Crippen LogP contribution in [0.1, 0.15) is 19.4 Å². The zero-order chi connectivity index (χ0) is 12.8. The maximum Gasteiger partial charge on any atom is 0.0637 e. The van der Waals surface area contributed by atoms with Crippen molar-refractivity contribution < 1.29 is 0 Å². The molecule has 96 valence electrons. The molecule has 0 heterocycles. The molecule has 2 nitrogen and oxygen atoms in total. The molecular formula is C13H20Cl2N2. The normalized spacial score (nSPS) is 13.1. The molecule has 0 fully saturated rings. The first-order chi connectivity index (χ1) is 8.04. The Balaban J connectivity index is 2.47. The summed E-state index contributed by atoms with van der Waals surface area (Å²) < 4.78 is 0. The molecular weight excluding hydrogens is 255 g/mol. The van der Waals surface area contributed by atoms with Crippen LogP contribution >= 0.6 is 23.2 Å². The van der Waals surface area contributed by atoms with E-state index in [1.807, 2.05) is 18.2 Å². The van der Waals surface area contributed by atoms with Gasteiger partial charge >= 0.3 is 0 Å². The number of likely N-dealkylation sites (N-methyl/N-ethyl adjacent to an activating group) is 1. The molecule has 0 aliphatic heterocycles. The van der Waals surface area contributed by atoms with E-state index in [2.05, 4.69) is 31.1 Å². The van der Waals surface area contributed by atoms with Gasteiger partial charge in [-0.15, -0.1) is 0 Å². The van der Waals surface area contributed by atoms with Crippen molar-refractivity contribution in [1.29, 1.82) is 0 Å². The van der Waals surface area contributed by atoms with Crippen molar-refractivity contribution in [2.45, 2.75) is 26.4 Å². The minimum atomic E-state index is 0.426. The van der Waals surface area contributed by atoms with Crippen LogP contribution in [0.15, 0.2) is 18.2 Å². The van der Waals surface area contributed by atoms with Crippen molar-refractivity contribution >= 4 is 23.2 Å². The van der Waals surface area contributed by atoms with Gasteiger partial charge in [0.1, 0.15) is 0 Å². The lowest BCUT2D eigenvalue weighted by molar-refractivity contribution is 0.309. The standard InChI is InChI=1S/C13H20Cl2N2/c1-4-17(3)9-10(2)16-8-11-6-5-7-12(14)13(11)15/h5-7,10,16H,4,8-9H2,1-3H3. The Bertz CT molecular complexity index is 355. The van der Waals surface area contributed by atoms with E-state index in [9.17, 15) is 0 Å². The molecule has 1 N–H and O–H groups in total. The molecule has 1 aromatic rings. The fourth-order valence-electron chi connectivity index (χ4n) is 1.63. The van der Waals surface area contributed by atoms with E-state index >= 15 is 0 Å². The van der Waals surface area contributed by atoms with Gasteiger partial charge in [-0.25, -0.2) is 0 Å². The molecule has 0 spiro atoms. The predicted octanol–water partition coefficient (Wildman–Crippen LogP) is 3.42. The minimum Gasteiger partial charge on any atom is -0.309 e. The van der Waals surface area contributed by atoms with Crippen molar-refractivity contribution in [1.82, 2.24) is 10.2 Å². The first kappa shape index (κ1) is 14.8. The number of nitrogens with one attached hydrogen (secondary N) is 1. The third-order valence-corrected chi connectivity index (χ3v) is 3.66. The molecule has 0 saturated heterocycles. The van der Waals surface area contributed by atoms with Gasteiger partial charge in [-0.05, 0) is 32.1 Å². The molecule has 1 unspecified atom stereocenters. The number of halogens is 2. The smallest absolute Gasteiger partial charge is 0.0637 e. The summed E-state index contributed by atoms with van der Waals surface area (Å²) in [6.45, 7) is 7.15. The van der Waals surface area contributed by atoms with Crippen LogP contribution in [0, 0.1) is 0 Å². The van der Waals surface area contributed by atoms with E-state index in [-0.39, 0.29) is 0 Å². The molecule has 0 saturated carbocycles. The van der Waals surface area contributed by atoms with Crippen LogP contribution in [-0.2, 0) is 6.54 Å². The highest BCUT2D eigenvalue weighted by Gasteiger charge is 2.07. The Morgan fingerprint density at radius 3 is 2.71 bits per heavy atom. The number of rotatable bonds is 6. The van der Waals surface area contributed by atoms with E-state index in [4.69, 9.17) is 23.2 Å². The number of nitrogens with zero attached hydrogens (tertiary/aromatic N) is 1. The van der Waals surface area contributed by atoms with Crippen molar-refractivity contribution in [2.75, 3.05) is 20.1 Å². The predicted molar refractivity (Wildman–Crippen MR) is 75.9 cm³/mol. The second kappa shape index (κ2) is 7.22. The third kappa shape index (κ3) is 4.84. The maximum atomic E-state index is 6.13. The SMILES string of the molecule is CCN(C)CC(C)NCc1cccc(Cl)c1Cl. The number of hydrogen-bond acceptors (Lipinski definition) is 2. The molecule has 0 aromatic heterocycles. The lowest BCUT2D eigenvalue weighted by Gasteiger charge is -2.21. The Hall–Kier alpha value is -0.280. The molecule has 1 aromatic carbocycles. The van der Waals surface area contributed by atoms with Crippen LogP contribution in [-0.4, -0.2) is 31.1 Å². The van der Waals surface area contributed by atoms with Crippen LogP contribution in [0.2, 0.25) is 10.0 Å². The lowest BCUT2D eigenvalue weighted by atomic mass is 10.2. The monoisotopic (exact) mass is 274 g/mol. The van der Waals surface area contributed by atoms with Crippen molar-refractivity contribution in [3.63, 3.8) is 0 Å². The summed E-state index contributed by atoms with van der Waals surface area (Å²) in [6, 6.07) is 6.16. The second-order valence-electron chi connectivity index (χ2n) is 4.35. The van der Waals surface area contributed by atoms with Crippen molar-refractivity contribution in [2.24, 2.45) is 0 Å². The Morgan fingerprint density at radius 2 is 2.06 bits per heavy atom. The summed E-state index contributed by atoms with van der Waals surface area (Å²) in [7, 11) is 2.12. The van der Waals surface area contributed by atoms with Crippen LogP contribution in [0.25, 0.3) is 0 Å². The Labute approximate surface area is 114 Å². The first-order valence-electron chi connectivity index (χ1n) is 5.89. The molecule has 1 atom stereocenters. The molecule has 1 rings (SSSR count). The average Bonchev–Trinajstić information content (AvgIpc) is 2.31. The van der Waals surface area contributed by atoms with E-state index in [1.165, 1.54) is 0 Å². The third-order valence-electron chi connectivity index (χ3n) is 2.80. The molecule has 0 bridgehead atoms. The van der Waals surface area contributed by atoms with Gasteiger partial charge in [-0.2, -0.15) is 0 Å². The molecule has 4 heteroatoms. The zero-order valence-corrected chi connectivity index (χ0v) is 12.1.